The predicted octanol–water partition coefficient (Wildman–Crippen LogP) is 1.87. The fourth-order valence-electron chi connectivity index (χ4n) is 0.821. The van der Waals surface area contributed by atoms with Gasteiger partial charge in [-0.2, -0.15) is 0 Å². The van der Waals surface area contributed by atoms with Gasteiger partial charge in [0.05, 0.1) is 6.61 Å². The van der Waals surface area contributed by atoms with Crippen LogP contribution in [0.4, 0.5) is 0 Å². The molecular weight excluding hydrogens is 241 g/mol. The smallest absolute Gasteiger partial charge is 0.0592 e. The Morgan fingerprint density at radius 3 is 2.60 bits per heavy atom. The van der Waals surface area contributed by atoms with E-state index in [4.69, 9.17) is 5.11 Å². The highest BCUT2D eigenvalue weighted by Crippen LogP contribution is 2.03. The molecule has 2 nitrogen and oxygen atoms in total. The van der Waals surface area contributed by atoms with E-state index in [0.29, 0.717) is 6.04 Å². The molecule has 0 aromatic carbocycles. The van der Waals surface area contributed by atoms with E-state index < -0.39 is 0 Å². The van der Waals surface area contributed by atoms with Gasteiger partial charge in [-0.1, -0.05) is 26.2 Å². The summed E-state index contributed by atoms with van der Waals surface area (Å²) in [7, 11) is 0. The van der Waals surface area contributed by atoms with Crippen LogP contribution in [-0.4, -0.2) is 17.8 Å². The molecule has 0 aromatic rings. The Bertz CT molecular complexity index is 66.6. The lowest BCUT2D eigenvalue weighted by Gasteiger charge is -2.09. The van der Waals surface area contributed by atoms with Crippen molar-refractivity contribution in [2.24, 2.45) is 0 Å². The number of aliphatic hydroxyl groups is 1. The number of hydrogen-bond donors (Lipinski definition) is 2. The maximum atomic E-state index is 8.76. The summed E-state index contributed by atoms with van der Waals surface area (Å²) < 4.78 is 3.03. The Hall–Kier alpha value is 0.650. The predicted molar refractivity (Wildman–Crippen MR) is 52.2 cm³/mol. The average molecular weight is 257 g/mol. The van der Waals surface area contributed by atoms with Crippen LogP contribution in [-0.2, 0) is 0 Å². The molecule has 0 aromatic heterocycles. The summed E-state index contributed by atoms with van der Waals surface area (Å²) >= 11 is 2.09. The minimum absolute atomic E-state index is 0.257. The van der Waals surface area contributed by atoms with Crippen molar-refractivity contribution in [1.82, 2.24) is 3.53 Å². The Labute approximate surface area is 76.9 Å². The third-order valence-electron chi connectivity index (χ3n) is 1.53. The Balaban J connectivity index is 3.09. The molecule has 0 fully saturated rings. The summed E-state index contributed by atoms with van der Waals surface area (Å²) in [5.41, 5.74) is 0. The zero-order valence-electron chi connectivity index (χ0n) is 6.44. The van der Waals surface area contributed by atoms with E-state index in [1.807, 2.05) is 0 Å². The number of rotatable bonds is 6. The van der Waals surface area contributed by atoms with Gasteiger partial charge in [0.25, 0.3) is 0 Å². The van der Waals surface area contributed by atoms with E-state index >= 15 is 0 Å². The monoisotopic (exact) mass is 257 g/mol. The highest BCUT2D eigenvalue weighted by atomic mass is 127. The molecule has 0 aliphatic rings. The van der Waals surface area contributed by atoms with Crippen molar-refractivity contribution in [2.45, 2.75) is 38.6 Å². The van der Waals surface area contributed by atoms with E-state index in [2.05, 4.69) is 33.3 Å². The highest BCUT2D eigenvalue weighted by molar-refractivity contribution is 14.1. The summed E-state index contributed by atoms with van der Waals surface area (Å²) in [4.78, 5) is 0. The topological polar surface area (TPSA) is 32.3 Å². The van der Waals surface area contributed by atoms with Crippen LogP contribution in [0.1, 0.15) is 32.6 Å². The van der Waals surface area contributed by atoms with Crippen LogP contribution in [0.5, 0.6) is 0 Å². The molecule has 0 heterocycles. The molecule has 1 atom stereocenters. The van der Waals surface area contributed by atoms with Crippen molar-refractivity contribution in [3.63, 3.8) is 0 Å². The van der Waals surface area contributed by atoms with E-state index in [0.717, 1.165) is 6.42 Å². The zero-order chi connectivity index (χ0) is 7.82. The quantitative estimate of drug-likeness (QED) is 0.432. The van der Waals surface area contributed by atoms with Crippen molar-refractivity contribution in [1.29, 1.82) is 0 Å². The second-order valence-electron chi connectivity index (χ2n) is 2.48. The van der Waals surface area contributed by atoms with Gasteiger partial charge >= 0.3 is 0 Å². The lowest BCUT2D eigenvalue weighted by atomic mass is 10.1. The third-order valence-corrected chi connectivity index (χ3v) is 2.41. The van der Waals surface area contributed by atoms with Crippen molar-refractivity contribution in [3.8, 4) is 0 Å². The molecule has 2 N–H and O–H groups in total. The maximum Gasteiger partial charge on any atom is 0.0592 e. The van der Waals surface area contributed by atoms with Gasteiger partial charge in [0, 0.05) is 28.9 Å². The highest BCUT2D eigenvalue weighted by Gasteiger charge is 2.02. The molecule has 0 saturated heterocycles. The van der Waals surface area contributed by atoms with E-state index in [-0.39, 0.29) is 6.61 Å². The Kier molecular flexibility index (Phi) is 8.26. The maximum absolute atomic E-state index is 8.76. The zero-order valence-corrected chi connectivity index (χ0v) is 8.60. The van der Waals surface area contributed by atoms with Crippen molar-refractivity contribution in [2.75, 3.05) is 6.61 Å². The molecule has 0 amide bonds. The van der Waals surface area contributed by atoms with Gasteiger partial charge in [0.1, 0.15) is 0 Å². The molecule has 62 valence electrons. The first-order chi connectivity index (χ1) is 4.85. The fourth-order valence-corrected chi connectivity index (χ4v) is 1.33. The van der Waals surface area contributed by atoms with Crippen LogP contribution in [0.2, 0.25) is 0 Å². The van der Waals surface area contributed by atoms with Gasteiger partial charge in [-0.05, 0) is 6.42 Å². The van der Waals surface area contributed by atoms with Crippen molar-refractivity contribution < 1.29 is 5.11 Å². The summed E-state index contributed by atoms with van der Waals surface area (Å²) in [5, 5.41) is 8.76. The first kappa shape index (κ1) is 10.7. The van der Waals surface area contributed by atoms with Crippen LogP contribution in [0.3, 0.4) is 0 Å². The first-order valence-corrected chi connectivity index (χ1v) is 4.90. The second-order valence-corrected chi connectivity index (χ2v) is 3.11. The van der Waals surface area contributed by atoms with Gasteiger partial charge in [0.15, 0.2) is 0 Å². The van der Waals surface area contributed by atoms with Crippen molar-refractivity contribution in [3.05, 3.63) is 0 Å². The van der Waals surface area contributed by atoms with Crippen LogP contribution >= 0.6 is 22.9 Å². The van der Waals surface area contributed by atoms with E-state index in [1.165, 1.54) is 19.3 Å². The molecule has 0 radical (unpaired) electrons. The normalized spacial score (nSPS) is 13.5. The van der Waals surface area contributed by atoms with E-state index in [9.17, 15) is 0 Å². The number of nitrogens with one attached hydrogen (secondary N) is 1. The molecule has 1 unspecified atom stereocenters. The van der Waals surface area contributed by atoms with Crippen LogP contribution in [0.25, 0.3) is 0 Å². The Morgan fingerprint density at radius 2 is 2.20 bits per heavy atom. The molecule has 0 aliphatic carbocycles. The third kappa shape index (κ3) is 5.44. The molecular formula is C7H16INO. The molecule has 3 heteroatoms. The standard InChI is InChI=1S/C7H16INO/c1-2-3-4-5-7(6-10)9-8/h7,9-10H,2-6H2,1H3. The summed E-state index contributed by atoms with van der Waals surface area (Å²) in [6.45, 7) is 2.44. The summed E-state index contributed by atoms with van der Waals surface area (Å²) in [5.74, 6) is 0. The van der Waals surface area contributed by atoms with E-state index in [1.54, 1.807) is 0 Å². The number of halogens is 1. The van der Waals surface area contributed by atoms with Crippen LogP contribution < -0.4 is 3.53 Å². The largest absolute Gasteiger partial charge is 0.395 e. The Morgan fingerprint density at radius 1 is 1.50 bits per heavy atom. The molecule has 0 aliphatic heterocycles. The number of hydrogen-bond acceptors (Lipinski definition) is 2. The van der Waals surface area contributed by atoms with Gasteiger partial charge < -0.3 is 5.11 Å². The first-order valence-electron chi connectivity index (χ1n) is 3.82. The summed E-state index contributed by atoms with van der Waals surface area (Å²) in [6.07, 6.45) is 4.83. The molecule has 0 saturated carbocycles. The molecule has 0 bridgehead atoms. The van der Waals surface area contributed by atoms with Gasteiger partial charge in [0.2, 0.25) is 0 Å². The van der Waals surface area contributed by atoms with Gasteiger partial charge in [-0.3, -0.25) is 3.53 Å². The van der Waals surface area contributed by atoms with Gasteiger partial charge in [-0.25, -0.2) is 0 Å². The number of aliphatic hydroxyl groups excluding tert-OH is 1. The minimum atomic E-state index is 0.257. The molecule has 10 heavy (non-hydrogen) atoms. The van der Waals surface area contributed by atoms with Crippen LogP contribution in [0, 0.1) is 0 Å². The SMILES string of the molecule is CCCCCC(CO)NI. The number of unbranched alkanes of at least 4 members (excludes halogenated alkanes) is 2. The summed E-state index contributed by atoms with van der Waals surface area (Å²) in [6, 6.07) is 0.298. The minimum Gasteiger partial charge on any atom is -0.395 e. The van der Waals surface area contributed by atoms with Crippen LogP contribution in [0.15, 0.2) is 0 Å². The second kappa shape index (κ2) is 7.75. The van der Waals surface area contributed by atoms with Gasteiger partial charge in [-0.15, -0.1) is 0 Å². The fraction of sp³-hybridized carbons (Fsp3) is 1.00. The molecule has 0 rings (SSSR count). The average Bonchev–Trinajstić information content (AvgIpc) is 1.99. The lowest BCUT2D eigenvalue weighted by molar-refractivity contribution is 0.253. The molecule has 0 spiro atoms. The lowest BCUT2D eigenvalue weighted by Crippen LogP contribution is -2.24. The van der Waals surface area contributed by atoms with Crippen molar-refractivity contribution >= 4 is 22.9 Å².